The maximum Gasteiger partial charge on any atom is 0.341 e. The molecule has 2 aromatic rings. The van der Waals surface area contributed by atoms with Gasteiger partial charge in [0.25, 0.3) is 0 Å². The number of hydrogen-bond acceptors (Lipinski definition) is 2. The van der Waals surface area contributed by atoms with Crippen molar-refractivity contribution in [3.8, 4) is 0 Å². The fraction of sp³-hybridized carbons (Fsp3) is 0.300. The summed E-state index contributed by atoms with van der Waals surface area (Å²) in [4.78, 5) is 0. The lowest BCUT2D eigenvalue weighted by Gasteiger charge is -2.25. The summed E-state index contributed by atoms with van der Waals surface area (Å²) in [5.74, 6) is 0. The summed E-state index contributed by atoms with van der Waals surface area (Å²) in [6.45, 7) is 13.2. The first-order chi connectivity index (χ1) is 10.9. The van der Waals surface area contributed by atoms with Gasteiger partial charge in [-0.05, 0) is 63.8 Å². The van der Waals surface area contributed by atoms with Crippen LogP contribution in [-0.2, 0) is 0 Å². The largest absolute Gasteiger partial charge is 0.354 e. The SMILES string of the molecule is Cc1cc(C)c(N2C=CN(c3c(C)cc(C)cc3C)[Si]2)c(C)c1. The summed E-state index contributed by atoms with van der Waals surface area (Å²) in [7, 11) is 0.580. The molecule has 0 atom stereocenters. The molecular formula is C20H24N2Si. The number of anilines is 2. The number of hydrogen-bond donors (Lipinski definition) is 0. The van der Waals surface area contributed by atoms with Crippen LogP contribution in [0.3, 0.4) is 0 Å². The van der Waals surface area contributed by atoms with Crippen LogP contribution in [0.25, 0.3) is 0 Å². The zero-order valence-electron chi connectivity index (χ0n) is 14.9. The molecule has 0 fully saturated rings. The van der Waals surface area contributed by atoms with Crippen molar-refractivity contribution in [3.63, 3.8) is 0 Å². The lowest BCUT2D eigenvalue weighted by molar-refractivity contribution is 1.25. The Balaban J connectivity index is 1.93. The summed E-state index contributed by atoms with van der Waals surface area (Å²) in [5.41, 5.74) is 10.7. The Morgan fingerprint density at radius 2 is 0.870 bits per heavy atom. The number of benzene rings is 2. The van der Waals surface area contributed by atoms with Gasteiger partial charge < -0.3 is 9.13 Å². The number of rotatable bonds is 2. The zero-order valence-corrected chi connectivity index (χ0v) is 15.9. The molecule has 1 heterocycles. The third-order valence-corrected chi connectivity index (χ3v) is 5.51. The lowest BCUT2D eigenvalue weighted by Crippen LogP contribution is -2.31. The molecule has 0 amide bonds. The first kappa shape index (κ1) is 15.9. The molecule has 1 aliphatic heterocycles. The molecule has 3 rings (SSSR count). The van der Waals surface area contributed by atoms with Gasteiger partial charge >= 0.3 is 9.84 Å². The smallest absolute Gasteiger partial charge is 0.341 e. The Kier molecular flexibility index (Phi) is 4.07. The quantitative estimate of drug-likeness (QED) is 0.728. The van der Waals surface area contributed by atoms with E-state index in [1.54, 1.807) is 0 Å². The summed E-state index contributed by atoms with van der Waals surface area (Å²) >= 11 is 0. The summed E-state index contributed by atoms with van der Waals surface area (Å²) in [6, 6.07) is 9.08. The normalized spacial score (nSPS) is 14.0. The van der Waals surface area contributed by atoms with E-state index in [2.05, 4.69) is 87.3 Å². The molecule has 2 radical (unpaired) electrons. The summed E-state index contributed by atoms with van der Waals surface area (Å²) < 4.78 is 4.76. The van der Waals surface area contributed by atoms with E-state index in [0.717, 1.165) is 0 Å². The molecule has 118 valence electrons. The highest BCUT2D eigenvalue weighted by molar-refractivity contribution is 6.50. The average Bonchev–Trinajstić information content (AvgIpc) is 2.85. The van der Waals surface area contributed by atoms with Crippen molar-refractivity contribution in [2.24, 2.45) is 0 Å². The van der Waals surface area contributed by atoms with Crippen LogP contribution < -0.4 is 9.13 Å². The second-order valence-corrected chi connectivity index (χ2v) is 7.80. The van der Waals surface area contributed by atoms with Crippen LogP contribution in [0.2, 0.25) is 0 Å². The topological polar surface area (TPSA) is 6.48 Å². The van der Waals surface area contributed by atoms with Gasteiger partial charge in [-0.1, -0.05) is 35.4 Å². The maximum atomic E-state index is 2.38. The van der Waals surface area contributed by atoms with Crippen molar-refractivity contribution in [2.75, 3.05) is 9.13 Å². The van der Waals surface area contributed by atoms with Crippen LogP contribution in [0, 0.1) is 41.5 Å². The molecule has 0 aliphatic carbocycles. The van der Waals surface area contributed by atoms with Gasteiger partial charge in [0, 0.05) is 23.8 Å². The van der Waals surface area contributed by atoms with Gasteiger partial charge in [0.15, 0.2) is 0 Å². The van der Waals surface area contributed by atoms with Gasteiger partial charge in [0.1, 0.15) is 0 Å². The van der Waals surface area contributed by atoms with Gasteiger partial charge in [0.05, 0.1) is 0 Å². The van der Waals surface area contributed by atoms with Crippen LogP contribution in [0.15, 0.2) is 36.7 Å². The van der Waals surface area contributed by atoms with E-state index in [0.29, 0.717) is 9.84 Å². The van der Waals surface area contributed by atoms with Crippen molar-refractivity contribution in [1.29, 1.82) is 0 Å². The van der Waals surface area contributed by atoms with Gasteiger partial charge in [-0.15, -0.1) is 0 Å². The van der Waals surface area contributed by atoms with Crippen molar-refractivity contribution < 1.29 is 0 Å². The van der Waals surface area contributed by atoms with Crippen LogP contribution in [0.4, 0.5) is 11.4 Å². The minimum Gasteiger partial charge on any atom is -0.354 e. The van der Waals surface area contributed by atoms with E-state index in [1.165, 1.54) is 44.8 Å². The Morgan fingerprint density at radius 1 is 0.565 bits per heavy atom. The van der Waals surface area contributed by atoms with E-state index in [4.69, 9.17) is 0 Å². The number of nitrogens with zero attached hydrogens (tertiary/aromatic N) is 2. The van der Waals surface area contributed by atoms with Crippen LogP contribution in [-0.4, -0.2) is 9.84 Å². The molecule has 2 aromatic carbocycles. The van der Waals surface area contributed by atoms with Gasteiger partial charge in [-0.2, -0.15) is 0 Å². The highest BCUT2D eigenvalue weighted by atomic mass is 28.2. The monoisotopic (exact) mass is 320 g/mol. The second kappa shape index (κ2) is 5.89. The molecular weight excluding hydrogens is 296 g/mol. The average molecular weight is 321 g/mol. The Hall–Kier alpha value is -2.00. The van der Waals surface area contributed by atoms with E-state index >= 15 is 0 Å². The van der Waals surface area contributed by atoms with Crippen molar-refractivity contribution in [2.45, 2.75) is 41.5 Å². The summed E-state index contributed by atoms with van der Waals surface area (Å²) in [5, 5.41) is 0. The first-order valence-electron chi connectivity index (χ1n) is 8.05. The molecule has 2 nitrogen and oxygen atoms in total. The zero-order chi connectivity index (χ0) is 16.7. The molecule has 0 unspecified atom stereocenters. The maximum absolute atomic E-state index is 2.38. The molecule has 0 aromatic heterocycles. The molecule has 3 heteroatoms. The molecule has 0 saturated carbocycles. The minimum atomic E-state index is 0.580. The fourth-order valence-corrected chi connectivity index (χ4v) is 5.07. The second-order valence-electron chi connectivity index (χ2n) is 6.63. The van der Waals surface area contributed by atoms with Crippen molar-refractivity contribution >= 4 is 21.2 Å². The summed E-state index contributed by atoms with van der Waals surface area (Å²) in [6.07, 6.45) is 4.42. The third-order valence-electron chi connectivity index (χ3n) is 4.33. The lowest BCUT2D eigenvalue weighted by atomic mass is 10.1. The highest BCUT2D eigenvalue weighted by Gasteiger charge is 2.23. The van der Waals surface area contributed by atoms with Crippen LogP contribution in [0.1, 0.15) is 33.4 Å². The van der Waals surface area contributed by atoms with E-state index in [1.807, 2.05) is 0 Å². The van der Waals surface area contributed by atoms with E-state index in [9.17, 15) is 0 Å². The van der Waals surface area contributed by atoms with E-state index < -0.39 is 0 Å². The van der Waals surface area contributed by atoms with Gasteiger partial charge in [-0.3, -0.25) is 0 Å². The van der Waals surface area contributed by atoms with Gasteiger partial charge in [0.2, 0.25) is 0 Å². The number of aryl methyl sites for hydroxylation is 6. The fourth-order valence-electron chi connectivity index (χ4n) is 3.67. The van der Waals surface area contributed by atoms with Crippen LogP contribution >= 0.6 is 0 Å². The predicted molar refractivity (Wildman–Crippen MR) is 101 cm³/mol. The molecule has 0 saturated heterocycles. The standard InChI is InChI=1S/C20H24N2Si/c1-13-9-15(3)19(16(4)10-13)21-7-8-22(23-21)20-17(5)11-14(2)12-18(20)6/h7-12H,1-6H3. The minimum absolute atomic E-state index is 0.580. The predicted octanol–water partition coefficient (Wildman–Crippen LogP) is 4.87. The highest BCUT2D eigenvalue weighted by Crippen LogP contribution is 2.32. The third kappa shape index (κ3) is 2.93. The first-order valence-corrected chi connectivity index (χ1v) is 8.95. The molecule has 23 heavy (non-hydrogen) atoms. The molecule has 1 aliphatic rings. The molecule has 0 N–H and O–H groups in total. The molecule has 0 bridgehead atoms. The Labute approximate surface area is 142 Å². The van der Waals surface area contributed by atoms with Crippen molar-refractivity contribution in [1.82, 2.24) is 0 Å². The molecule has 0 spiro atoms. The Bertz CT molecular complexity index is 681. The van der Waals surface area contributed by atoms with E-state index in [-0.39, 0.29) is 0 Å². The van der Waals surface area contributed by atoms with Crippen molar-refractivity contribution in [3.05, 3.63) is 70.0 Å². The van der Waals surface area contributed by atoms with Crippen LogP contribution in [0.5, 0.6) is 0 Å². The Morgan fingerprint density at radius 3 is 1.17 bits per heavy atom. The van der Waals surface area contributed by atoms with Gasteiger partial charge in [-0.25, -0.2) is 0 Å².